The van der Waals surface area contributed by atoms with Crippen molar-refractivity contribution in [1.82, 2.24) is 5.43 Å². The van der Waals surface area contributed by atoms with Crippen molar-refractivity contribution in [2.75, 3.05) is 5.32 Å². The molecule has 1 aliphatic carbocycles. The van der Waals surface area contributed by atoms with Gasteiger partial charge in [-0.1, -0.05) is 6.92 Å². The Balaban J connectivity index is 1.84. The Morgan fingerprint density at radius 1 is 1.37 bits per heavy atom. The Hall–Kier alpha value is -1.49. The first-order valence-electron chi connectivity index (χ1n) is 6.51. The summed E-state index contributed by atoms with van der Waals surface area (Å²) in [5.41, 5.74) is 4.77. The van der Waals surface area contributed by atoms with E-state index in [4.69, 9.17) is 12.2 Å². The molecule has 1 aromatic carbocycles. The van der Waals surface area contributed by atoms with Crippen LogP contribution >= 0.6 is 12.2 Å². The fraction of sp³-hybridized carbons (Fsp3) is 0.429. The number of anilines is 1. The molecule has 0 spiro atoms. The van der Waals surface area contributed by atoms with Crippen LogP contribution in [-0.4, -0.2) is 10.8 Å². The van der Waals surface area contributed by atoms with Gasteiger partial charge in [-0.2, -0.15) is 5.10 Å². The second kappa shape index (κ2) is 6.61. The number of nitrogens with zero attached hydrogens (tertiary/aromatic N) is 1. The van der Waals surface area contributed by atoms with E-state index in [0.29, 0.717) is 11.0 Å². The number of halogens is 1. The van der Waals surface area contributed by atoms with Gasteiger partial charge in [0.15, 0.2) is 5.11 Å². The van der Waals surface area contributed by atoms with Crippen LogP contribution in [0.5, 0.6) is 0 Å². The van der Waals surface area contributed by atoms with Gasteiger partial charge in [0.1, 0.15) is 5.82 Å². The van der Waals surface area contributed by atoms with Crippen molar-refractivity contribution in [3.8, 4) is 0 Å². The molecule has 1 atom stereocenters. The van der Waals surface area contributed by atoms with E-state index in [1.807, 2.05) is 0 Å². The summed E-state index contributed by atoms with van der Waals surface area (Å²) in [6, 6.07) is 6.05. The van der Waals surface area contributed by atoms with E-state index in [9.17, 15) is 4.39 Å². The zero-order valence-electron chi connectivity index (χ0n) is 10.9. The number of thiocarbonyl (C=S) groups is 1. The highest BCUT2D eigenvalue weighted by Crippen LogP contribution is 2.20. The number of rotatable bonds is 2. The topological polar surface area (TPSA) is 36.4 Å². The molecule has 0 unspecified atom stereocenters. The lowest BCUT2D eigenvalue weighted by Gasteiger charge is -2.19. The maximum atomic E-state index is 12.8. The van der Waals surface area contributed by atoms with Crippen LogP contribution in [0.15, 0.2) is 29.4 Å². The highest BCUT2D eigenvalue weighted by molar-refractivity contribution is 7.80. The van der Waals surface area contributed by atoms with E-state index in [0.717, 1.165) is 18.5 Å². The minimum Gasteiger partial charge on any atom is -0.331 e. The molecular weight excluding hydrogens is 261 g/mol. The lowest BCUT2D eigenvalue weighted by Crippen LogP contribution is -2.26. The summed E-state index contributed by atoms with van der Waals surface area (Å²) < 4.78 is 12.8. The molecule has 3 nitrogen and oxygen atoms in total. The Morgan fingerprint density at radius 3 is 2.79 bits per heavy atom. The Morgan fingerprint density at radius 2 is 2.11 bits per heavy atom. The van der Waals surface area contributed by atoms with Crippen molar-refractivity contribution in [2.45, 2.75) is 32.6 Å². The van der Waals surface area contributed by atoms with Gasteiger partial charge in [0.25, 0.3) is 0 Å². The first-order valence-corrected chi connectivity index (χ1v) is 6.92. The molecule has 1 aromatic rings. The minimum atomic E-state index is -0.263. The summed E-state index contributed by atoms with van der Waals surface area (Å²) >= 11 is 5.14. The minimum absolute atomic E-state index is 0.263. The highest BCUT2D eigenvalue weighted by Gasteiger charge is 2.13. The van der Waals surface area contributed by atoms with Gasteiger partial charge in [-0.05, 0) is 68.1 Å². The molecule has 1 aliphatic rings. The highest BCUT2D eigenvalue weighted by atomic mass is 32.1. The first-order chi connectivity index (χ1) is 9.13. The van der Waals surface area contributed by atoms with Crippen LogP contribution in [0.3, 0.4) is 0 Å². The van der Waals surface area contributed by atoms with Crippen LogP contribution in [0.4, 0.5) is 10.1 Å². The zero-order chi connectivity index (χ0) is 13.7. The lowest BCUT2D eigenvalue weighted by atomic mass is 9.89. The zero-order valence-corrected chi connectivity index (χ0v) is 11.8. The molecule has 19 heavy (non-hydrogen) atoms. The van der Waals surface area contributed by atoms with Gasteiger partial charge in [-0.3, -0.25) is 5.43 Å². The van der Waals surface area contributed by atoms with Crippen LogP contribution in [-0.2, 0) is 0 Å². The van der Waals surface area contributed by atoms with Crippen molar-refractivity contribution in [3.05, 3.63) is 30.1 Å². The average molecular weight is 279 g/mol. The number of nitrogens with one attached hydrogen (secondary N) is 2. The van der Waals surface area contributed by atoms with Crippen LogP contribution in [0.2, 0.25) is 0 Å². The smallest absolute Gasteiger partial charge is 0.191 e. The fourth-order valence-corrected chi connectivity index (χ4v) is 2.35. The van der Waals surface area contributed by atoms with Gasteiger partial charge in [0, 0.05) is 11.4 Å². The van der Waals surface area contributed by atoms with Crippen LogP contribution in [0, 0.1) is 11.7 Å². The molecule has 1 fully saturated rings. The van der Waals surface area contributed by atoms with Crippen molar-refractivity contribution >= 4 is 28.7 Å². The summed E-state index contributed by atoms with van der Waals surface area (Å²) in [5, 5.41) is 7.73. The molecule has 0 heterocycles. The largest absolute Gasteiger partial charge is 0.331 e. The van der Waals surface area contributed by atoms with E-state index < -0.39 is 0 Å². The van der Waals surface area contributed by atoms with Crippen molar-refractivity contribution < 1.29 is 4.39 Å². The third kappa shape index (κ3) is 4.59. The Bertz CT molecular complexity index is 470. The van der Waals surface area contributed by atoms with Gasteiger partial charge in [0.05, 0.1) is 0 Å². The first kappa shape index (κ1) is 13.9. The quantitative estimate of drug-likeness (QED) is 0.640. The summed E-state index contributed by atoms with van der Waals surface area (Å²) in [6.07, 6.45) is 4.54. The van der Waals surface area contributed by atoms with E-state index in [1.54, 1.807) is 12.1 Å². The maximum Gasteiger partial charge on any atom is 0.191 e. The molecule has 0 saturated heterocycles. The van der Waals surface area contributed by atoms with E-state index in [-0.39, 0.29) is 5.82 Å². The Kier molecular flexibility index (Phi) is 4.85. The molecule has 0 bridgehead atoms. The maximum absolute atomic E-state index is 12.8. The number of hydrogen-bond donors (Lipinski definition) is 2. The van der Waals surface area contributed by atoms with E-state index in [1.165, 1.54) is 30.7 Å². The summed E-state index contributed by atoms with van der Waals surface area (Å²) in [4.78, 5) is 0. The molecule has 0 radical (unpaired) electrons. The second-order valence-electron chi connectivity index (χ2n) is 4.95. The standard InChI is InChI=1S/C14H18FN3S/c1-10-3-2-4-13(9-10)17-18-14(19)16-12-7-5-11(15)6-8-12/h5-8,10H,2-4,9H2,1H3,(H2,16,18,19)/b17-13-/t10-/m1/s1. The van der Waals surface area contributed by atoms with Crippen molar-refractivity contribution in [3.63, 3.8) is 0 Å². The summed E-state index contributed by atoms with van der Waals surface area (Å²) in [6.45, 7) is 2.24. The summed E-state index contributed by atoms with van der Waals surface area (Å²) in [7, 11) is 0. The monoisotopic (exact) mass is 279 g/mol. The molecule has 0 aromatic heterocycles. The molecule has 5 heteroatoms. The van der Waals surface area contributed by atoms with Gasteiger partial charge < -0.3 is 5.32 Å². The lowest BCUT2D eigenvalue weighted by molar-refractivity contribution is 0.498. The van der Waals surface area contributed by atoms with Crippen LogP contribution in [0.1, 0.15) is 32.6 Å². The van der Waals surface area contributed by atoms with E-state index >= 15 is 0 Å². The molecule has 0 amide bonds. The predicted octanol–water partition coefficient (Wildman–Crippen LogP) is 3.68. The van der Waals surface area contributed by atoms with E-state index in [2.05, 4.69) is 22.8 Å². The van der Waals surface area contributed by atoms with Gasteiger partial charge in [-0.25, -0.2) is 4.39 Å². The van der Waals surface area contributed by atoms with Gasteiger partial charge >= 0.3 is 0 Å². The molecule has 0 aliphatic heterocycles. The molecule has 102 valence electrons. The number of hydrogen-bond acceptors (Lipinski definition) is 2. The molecular formula is C14H18FN3S. The second-order valence-corrected chi connectivity index (χ2v) is 5.36. The Labute approximate surface area is 118 Å². The third-order valence-electron chi connectivity index (χ3n) is 3.16. The third-order valence-corrected chi connectivity index (χ3v) is 3.36. The molecule has 2 rings (SSSR count). The molecule has 2 N–H and O–H groups in total. The van der Waals surface area contributed by atoms with Crippen molar-refractivity contribution in [1.29, 1.82) is 0 Å². The van der Waals surface area contributed by atoms with Crippen LogP contribution < -0.4 is 10.7 Å². The van der Waals surface area contributed by atoms with Gasteiger partial charge in [0.2, 0.25) is 0 Å². The number of benzene rings is 1. The van der Waals surface area contributed by atoms with Gasteiger partial charge in [-0.15, -0.1) is 0 Å². The average Bonchev–Trinajstić information content (AvgIpc) is 2.39. The van der Waals surface area contributed by atoms with Crippen molar-refractivity contribution in [2.24, 2.45) is 11.0 Å². The SMILES string of the molecule is C[C@@H]1CCC/C(=N/NC(=S)Nc2ccc(F)cc2)C1. The normalized spacial score (nSPS) is 21.2. The predicted molar refractivity (Wildman–Crippen MR) is 80.8 cm³/mol. The van der Waals surface area contributed by atoms with Crippen LogP contribution in [0.25, 0.3) is 0 Å². The fourth-order valence-electron chi connectivity index (χ4n) is 2.18. The number of hydrazone groups is 1. The molecule has 1 saturated carbocycles. The summed E-state index contributed by atoms with van der Waals surface area (Å²) in [5.74, 6) is 0.439.